The quantitative estimate of drug-likeness (QED) is 0.638. The summed E-state index contributed by atoms with van der Waals surface area (Å²) >= 11 is 7.32. The number of nitrogens with zero attached hydrogens (tertiary/aromatic N) is 1. The van der Waals surface area contributed by atoms with Gasteiger partial charge in [-0.15, -0.1) is 11.8 Å². The Morgan fingerprint density at radius 1 is 1.15 bits per heavy atom. The zero-order valence-electron chi connectivity index (χ0n) is 14.6. The van der Waals surface area contributed by atoms with Crippen LogP contribution in [0.15, 0.2) is 76.2 Å². The predicted octanol–water partition coefficient (Wildman–Crippen LogP) is 4.65. The molecular weight excluding hydrogens is 376 g/mol. The Bertz CT molecular complexity index is 956. The lowest BCUT2D eigenvalue weighted by molar-refractivity contribution is 0.0948. The maximum absolute atomic E-state index is 12.6. The van der Waals surface area contributed by atoms with Gasteiger partial charge in [0.25, 0.3) is 5.91 Å². The van der Waals surface area contributed by atoms with Crippen molar-refractivity contribution in [2.24, 2.45) is 0 Å². The van der Waals surface area contributed by atoms with Crippen LogP contribution in [0, 0.1) is 0 Å². The maximum atomic E-state index is 12.6. The number of furan rings is 1. The van der Waals surface area contributed by atoms with Gasteiger partial charge in [0.15, 0.2) is 0 Å². The summed E-state index contributed by atoms with van der Waals surface area (Å²) in [7, 11) is 0. The van der Waals surface area contributed by atoms with Crippen molar-refractivity contribution in [1.82, 2.24) is 5.32 Å². The highest BCUT2D eigenvalue weighted by Crippen LogP contribution is 2.37. The van der Waals surface area contributed by atoms with Crippen molar-refractivity contribution in [3.05, 3.63) is 83.8 Å². The molecule has 1 amide bonds. The number of carbonyl (C=O) groups excluding carboxylic acids is 1. The van der Waals surface area contributed by atoms with Crippen LogP contribution in [0.3, 0.4) is 0 Å². The first kappa shape index (κ1) is 17.8. The van der Waals surface area contributed by atoms with Crippen molar-refractivity contribution in [3.63, 3.8) is 0 Å². The van der Waals surface area contributed by atoms with Crippen molar-refractivity contribution < 1.29 is 9.21 Å². The summed E-state index contributed by atoms with van der Waals surface area (Å²) in [5, 5.41) is 2.89. The first-order valence-electron chi connectivity index (χ1n) is 8.62. The van der Waals surface area contributed by atoms with E-state index in [4.69, 9.17) is 16.6 Å². The molecular formula is C21H18N2O2S2. The monoisotopic (exact) mass is 394 g/mol. The van der Waals surface area contributed by atoms with Gasteiger partial charge < -0.3 is 14.6 Å². The summed E-state index contributed by atoms with van der Waals surface area (Å²) in [5.74, 6) is 1.37. The lowest BCUT2D eigenvalue weighted by atomic mass is 10.1. The molecule has 1 aliphatic heterocycles. The number of hydrogen-bond acceptors (Lipinski definition) is 4. The highest BCUT2D eigenvalue weighted by molar-refractivity contribution is 8.01. The lowest BCUT2D eigenvalue weighted by Crippen LogP contribution is -2.34. The van der Waals surface area contributed by atoms with Crippen LogP contribution in [0.2, 0.25) is 0 Å². The molecule has 1 aromatic heterocycles. The molecule has 0 saturated heterocycles. The largest absolute Gasteiger partial charge is 0.467 e. The average molecular weight is 395 g/mol. The fraction of sp³-hybridized carbons (Fsp3) is 0.143. The van der Waals surface area contributed by atoms with E-state index in [1.165, 1.54) is 5.56 Å². The van der Waals surface area contributed by atoms with E-state index in [0.717, 1.165) is 27.1 Å². The van der Waals surface area contributed by atoms with E-state index in [0.29, 0.717) is 18.7 Å². The molecule has 0 aliphatic carbocycles. The molecule has 136 valence electrons. The number of hydrogen-bond donors (Lipinski definition) is 1. The zero-order chi connectivity index (χ0) is 18.6. The van der Waals surface area contributed by atoms with Gasteiger partial charge in [-0.2, -0.15) is 0 Å². The average Bonchev–Trinajstić information content (AvgIpc) is 3.22. The summed E-state index contributed by atoms with van der Waals surface area (Å²) in [5.41, 5.74) is 2.79. The number of benzene rings is 2. The van der Waals surface area contributed by atoms with Crippen LogP contribution in [0.4, 0.5) is 5.69 Å². The molecule has 3 aromatic rings. The molecule has 6 heteroatoms. The molecule has 0 atom stereocenters. The van der Waals surface area contributed by atoms with E-state index in [1.807, 2.05) is 42.5 Å². The van der Waals surface area contributed by atoms with Crippen molar-refractivity contribution >= 4 is 40.6 Å². The van der Waals surface area contributed by atoms with Crippen molar-refractivity contribution in [2.75, 3.05) is 10.7 Å². The molecule has 2 aromatic carbocycles. The minimum absolute atomic E-state index is 0.129. The number of rotatable bonds is 5. The molecule has 0 radical (unpaired) electrons. The molecule has 1 aliphatic rings. The number of thioether (sulfide) groups is 1. The highest BCUT2D eigenvalue weighted by atomic mass is 32.2. The van der Waals surface area contributed by atoms with Crippen LogP contribution in [-0.4, -0.2) is 16.6 Å². The normalized spacial score (nSPS) is 13.3. The van der Waals surface area contributed by atoms with Gasteiger partial charge in [-0.3, -0.25) is 4.79 Å². The smallest absolute Gasteiger partial charge is 0.251 e. The van der Waals surface area contributed by atoms with E-state index < -0.39 is 0 Å². The van der Waals surface area contributed by atoms with Crippen LogP contribution in [-0.2, 0) is 13.1 Å². The zero-order valence-corrected chi connectivity index (χ0v) is 16.2. The fourth-order valence-corrected chi connectivity index (χ4v) is 4.22. The van der Waals surface area contributed by atoms with Gasteiger partial charge in [0.05, 0.1) is 23.5 Å². The highest BCUT2D eigenvalue weighted by Gasteiger charge is 2.23. The molecule has 2 heterocycles. The first-order valence-corrected chi connectivity index (χ1v) is 10.0. The van der Waals surface area contributed by atoms with Crippen molar-refractivity contribution in [1.29, 1.82) is 0 Å². The van der Waals surface area contributed by atoms with Gasteiger partial charge in [-0.25, -0.2) is 0 Å². The molecule has 0 bridgehead atoms. The third-order valence-corrected chi connectivity index (χ3v) is 5.97. The summed E-state index contributed by atoms with van der Waals surface area (Å²) in [6, 6.07) is 19.7. The number of fused-ring (bicyclic) bond motifs is 1. The Balaban J connectivity index is 1.56. The van der Waals surface area contributed by atoms with Gasteiger partial charge in [0.2, 0.25) is 0 Å². The Kier molecular flexibility index (Phi) is 5.27. The van der Waals surface area contributed by atoms with Crippen LogP contribution in [0.25, 0.3) is 0 Å². The Labute approximate surface area is 167 Å². The third kappa shape index (κ3) is 4.07. The SMILES string of the molecule is O=C(NCc1ccco1)c1ccc2c(c1)N(Cc1ccccc1)C(=S)CS2. The topological polar surface area (TPSA) is 45.5 Å². The van der Waals surface area contributed by atoms with Crippen LogP contribution < -0.4 is 10.2 Å². The van der Waals surface area contributed by atoms with Gasteiger partial charge >= 0.3 is 0 Å². The Hall–Kier alpha value is -2.57. The second-order valence-corrected chi connectivity index (χ2v) is 7.69. The van der Waals surface area contributed by atoms with Gasteiger partial charge in [0.1, 0.15) is 5.76 Å². The molecule has 1 N–H and O–H groups in total. The molecule has 27 heavy (non-hydrogen) atoms. The number of thiocarbonyl (C=S) groups is 1. The molecule has 0 saturated carbocycles. The van der Waals surface area contributed by atoms with Crippen molar-refractivity contribution in [3.8, 4) is 0 Å². The van der Waals surface area contributed by atoms with E-state index in [2.05, 4.69) is 22.3 Å². The summed E-state index contributed by atoms with van der Waals surface area (Å²) < 4.78 is 5.26. The summed E-state index contributed by atoms with van der Waals surface area (Å²) in [6.07, 6.45) is 1.60. The van der Waals surface area contributed by atoms with E-state index >= 15 is 0 Å². The van der Waals surface area contributed by atoms with E-state index in [9.17, 15) is 4.79 Å². The van der Waals surface area contributed by atoms with Gasteiger partial charge in [0, 0.05) is 22.8 Å². The van der Waals surface area contributed by atoms with Crippen LogP contribution in [0.1, 0.15) is 21.7 Å². The number of nitrogens with one attached hydrogen (secondary N) is 1. The van der Waals surface area contributed by atoms with Crippen molar-refractivity contribution in [2.45, 2.75) is 18.0 Å². The summed E-state index contributed by atoms with van der Waals surface area (Å²) in [6.45, 7) is 1.06. The standard InChI is InChI=1S/C21H18N2O2S2/c24-21(22-12-17-7-4-10-25-17)16-8-9-19-18(11-16)23(20(26)14-27-19)13-15-5-2-1-3-6-15/h1-11H,12-14H2,(H,22,24). The number of anilines is 1. The molecule has 0 fully saturated rings. The molecule has 4 nitrogen and oxygen atoms in total. The van der Waals surface area contributed by atoms with Gasteiger partial charge in [-0.05, 0) is 35.9 Å². The lowest BCUT2D eigenvalue weighted by Gasteiger charge is -2.31. The van der Waals surface area contributed by atoms with Crippen LogP contribution in [0.5, 0.6) is 0 Å². The molecule has 0 unspecified atom stereocenters. The fourth-order valence-electron chi connectivity index (χ4n) is 2.97. The van der Waals surface area contributed by atoms with Gasteiger partial charge in [-0.1, -0.05) is 42.5 Å². The Morgan fingerprint density at radius 2 is 2.00 bits per heavy atom. The van der Waals surface area contributed by atoms with Crippen LogP contribution >= 0.6 is 24.0 Å². The number of amides is 1. The first-order chi connectivity index (χ1) is 13.2. The second-order valence-electron chi connectivity index (χ2n) is 6.20. The number of carbonyl (C=O) groups is 1. The minimum atomic E-state index is -0.129. The second kappa shape index (κ2) is 7.98. The third-order valence-electron chi connectivity index (χ3n) is 4.35. The Morgan fingerprint density at radius 3 is 2.78 bits per heavy atom. The predicted molar refractivity (Wildman–Crippen MR) is 112 cm³/mol. The maximum Gasteiger partial charge on any atom is 0.251 e. The molecule has 4 rings (SSSR count). The summed E-state index contributed by atoms with van der Waals surface area (Å²) in [4.78, 5) is 16.7. The molecule has 0 spiro atoms. The van der Waals surface area contributed by atoms with E-state index in [-0.39, 0.29) is 5.91 Å². The van der Waals surface area contributed by atoms with E-state index in [1.54, 1.807) is 24.1 Å². The minimum Gasteiger partial charge on any atom is -0.467 e.